The van der Waals surface area contributed by atoms with Gasteiger partial charge in [-0.3, -0.25) is 0 Å². The van der Waals surface area contributed by atoms with E-state index in [1.807, 2.05) is 0 Å². The number of esters is 1. The molecule has 1 rings (SSSR count). The number of rotatable bonds is 7. The Bertz CT molecular complexity index is 347. The van der Waals surface area contributed by atoms with Gasteiger partial charge in [0.2, 0.25) is 0 Å². The van der Waals surface area contributed by atoms with Gasteiger partial charge in [0.05, 0.1) is 12.2 Å². The van der Waals surface area contributed by atoms with Crippen molar-refractivity contribution in [3.63, 3.8) is 0 Å². The quantitative estimate of drug-likeness (QED) is 0.582. The predicted molar refractivity (Wildman–Crippen MR) is 67.1 cm³/mol. The van der Waals surface area contributed by atoms with Crippen molar-refractivity contribution in [3.8, 4) is 5.75 Å². The molecular formula is C14H20O3. The molecule has 0 fully saturated rings. The molecule has 0 unspecified atom stereocenters. The second-order valence-corrected chi connectivity index (χ2v) is 4.10. The molecule has 3 nitrogen and oxygen atoms in total. The number of benzene rings is 1. The van der Waals surface area contributed by atoms with Crippen LogP contribution in [-0.2, 0) is 4.74 Å². The van der Waals surface area contributed by atoms with Crippen LogP contribution >= 0.6 is 0 Å². The average Bonchev–Trinajstić information content (AvgIpc) is 2.33. The highest BCUT2D eigenvalue weighted by Crippen LogP contribution is 2.12. The topological polar surface area (TPSA) is 46.5 Å². The SMILES string of the molecule is CCCCCCCOC(=O)c1cccc(O)c1. The lowest BCUT2D eigenvalue weighted by molar-refractivity contribution is 0.0497. The number of phenolic OH excluding ortho intramolecular Hbond substituents is 1. The molecule has 0 saturated heterocycles. The van der Waals surface area contributed by atoms with Gasteiger partial charge in [-0.05, 0) is 24.6 Å². The molecule has 0 saturated carbocycles. The highest BCUT2D eigenvalue weighted by Gasteiger charge is 2.06. The van der Waals surface area contributed by atoms with Crippen molar-refractivity contribution < 1.29 is 14.6 Å². The minimum atomic E-state index is -0.364. The summed E-state index contributed by atoms with van der Waals surface area (Å²) in [6, 6.07) is 6.22. The van der Waals surface area contributed by atoms with Crippen LogP contribution in [0.25, 0.3) is 0 Å². The van der Waals surface area contributed by atoms with E-state index in [-0.39, 0.29) is 11.7 Å². The van der Waals surface area contributed by atoms with Crippen LogP contribution in [0.15, 0.2) is 24.3 Å². The van der Waals surface area contributed by atoms with Crippen LogP contribution in [0.5, 0.6) is 5.75 Å². The Morgan fingerprint density at radius 1 is 1.24 bits per heavy atom. The number of hydrogen-bond donors (Lipinski definition) is 1. The lowest BCUT2D eigenvalue weighted by Gasteiger charge is -2.04. The molecule has 0 aliphatic carbocycles. The van der Waals surface area contributed by atoms with Crippen LogP contribution in [0, 0.1) is 0 Å². The molecule has 0 heterocycles. The summed E-state index contributed by atoms with van der Waals surface area (Å²) in [5.41, 5.74) is 0.401. The Morgan fingerprint density at radius 3 is 2.71 bits per heavy atom. The molecule has 0 radical (unpaired) electrons. The summed E-state index contributed by atoms with van der Waals surface area (Å²) >= 11 is 0. The normalized spacial score (nSPS) is 10.2. The molecule has 0 bridgehead atoms. The molecule has 1 aromatic rings. The standard InChI is InChI=1S/C14H20O3/c1-2-3-4-5-6-10-17-14(16)12-8-7-9-13(15)11-12/h7-9,11,15H,2-6,10H2,1H3. The van der Waals surface area contributed by atoms with Gasteiger partial charge in [0.15, 0.2) is 0 Å². The van der Waals surface area contributed by atoms with Gasteiger partial charge in [0.25, 0.3) is 0 Å². The molecule has 17 heavy (non-hydrogen) atoms. The fraction of sp³-hybridized carbons (Fsp3) is 0.500. The van der Waals surface area contributed by atoms with E-state index in [1.165, 1.54) is 31.4 Å². The second kappa shape index (κ2) is 7.71. The zero-order valence-corrected chi connectivity index (χ0v) is 10.3. The van der Waals surface area contributed by atoms with E-state index in [9.17, 15) is 9.90 Å². The maximum Gasteiger partial charge on any atom is 0.338 e. The van der Waals surface area contributed by atoms with Gasteiger partial charge in [0, 0.05) is 0 Å². The lowest BCUT2D eigenvalue weighted by Crippen LogP contribution is -2.06. The van der Waals surface area contributed by atoms with E-state index < -0.39 is 0 Å². The Hall–Kier alpha value is -1.51. The van der Waals surface area contributed by atoms with Crippen molar-refractivity contribution in [2.75, 3.05) is 6.61 Å². The maximum absolute atomic E-state index is 11.6. The summed E-state index contributed by atoms with van der Waals surface area (Å²) in [6.07, 6.45) is 5.65. The third kappa shape index (κ3) is 5.38. The summed E-state index contributed by atoms with van der Waals surface area (Å²) in [7, 11) is 0. The largest absolute Gasteiger partial charge is 0.508 e. The molecule has 94 valence electrons. The first-order valence-electron chi connectivity index (χ1n) is 6.20. The van der Waals surface area contributed by atoms with Crippen LogP contribution in [0.1, 0.15) is 49.4 Å². The third-order valence-electron chi connectivity index (χ3n) is 2.56. The average molecular weight is 236 g/mol. The molecule has 3 heteroatoms. The second-order valence-electron chi connectivity index (χ2n) is 4.10. The Kier molecular flexibility index (Phi) is 6.15. The van der Waals surface area contributed by atoms with E-state index in [4.69, 9.17) is 4.74 Å². The number of hydrogen-bond acceptors (Lipinski definition) is 3. The van der Waals surface area contributed by atoms with Crippen molar-refractivity contribution in [3.05, 3.63) is 29.8 Å². The zero-order chi connectivity index (χ0) is 12.5. The Labute approximate surface area is 102 Å². The Morgan fingerprint density at radius 2 is 2.00 bits per heavy atom. The van der Waals surface area contributed by atoms with E-state index in [2.05, 4.69) is 6.92 Å². The summed E-state index contributed by atoms with van der Waals surface area (Å²) in [5, 5.41) is 9.22. The van der Waals surface area contributed by atoms with Gasteiger partial charge in [-0.25, -0.2) is 4.79 Å². The number of ether oxygens (including phenoxy) is 1. The summed E-state index contributed by atoms with van der Waals surface area (Å²) in [6.45, 7) is 2.63. The number of carbonyl (C=O) groups excluding carboxylic acids is 1. The van der Waals surface area contributed by atoms with E-state index >= 15 is 0 Å². The van der Waals surface area contributed by atoms with Crippen LogP contribution in [0.4, 0.5) is 0 Å². The molecule has 0 spiro atoms. The fourth-order valence-electron chi connectivity index (χ4n) is 1.59. The van der Waals surface area contributed by atoms with Crippen LogP contribution in [-0.4, -0.2) is 17.7 Å². The van der Waals surface area contributed by atoms with Crippen molar-refractivity contribution in [2.45, 2.75) is 39.0 Å². The molecule has 0 aliphatic rings. The van der Waals surface area contributed by atoms with Gasteiger partial charge < -0.3 is 9.84 Å². The summed E-state index contributed by atoms with van der Waals surface area (Å²) in [4.78, 5) is 11.6. The third-order valence-corrected chi connectivity index (χ3v) is 2.56. The minimum absolute atomic E-state index is 0.0856. The lowest BCUT2D eigenvalue weighted by atomic mass is 10.2. The summed E-state index contributed by atoms with van der Waals surface area (Å²) in [5.74, 6) is -0.279. The van der Waals surface area contributed by atoms with Gasteiger partial charge in [-0.15, -0.1) is 0 Å². The van der Waals surface area contributed by atoms with Crippen molar-refractivity contribution in [1.82, 2.24) is 0 Å². The van der Waals surface area contributed by atoms with Crippen LogP contribution < -0.4 is 0 Å². The molecule has 0 amide bonds. The summed E-state index contributed by atoms with van der Waals surface area (Å²) < 4.78 is 5.11. The number of unbranched alkanes of at least 4 members (excludes halogenated alkanes) is 4. The highest BCUT2D eigenvalue weighted by molar-refractivity contribution is 5.89. The van der Waals surface area contributed by atoms with Crippen molar-refractivity contribution in [2.24, 2.45) is 0 Å². The molecule has 0 aromatic heterocycles. The smallest absolute Gasteiger partial charge is 0.338 e. The van der Waals surface area contributed by atoms with Crippen LogP contribution in [0.2, 0.25) is 0 Å². The molecule has 1 aromatic carbocycles. The number of carbonyl (C=O) groups is 1. The number of aromatic hydroxyl groups is 1. The first kappa shape index (κ1) is 13.6. The Balaban J connectivity index is 2.21. The first-order chi connectivity index (χ1) is 8.24. The fourth-order valence-corrected chi connectivity index (χ4v) is 1.59. The van der Waals surface area contributed by atoms with E-state index in [0.717, 1.165) is 12.8 Å². The van der Waals surface area contributed by atoms with Crippen LogP contribution in [0.3, 0.4) is 0 Å². The monoisotopic (exact) mass is 236 g/mol. The van der Waals surface area contributed by atoms with Crippen molar-refractivity contribution >= 4 is 5.97 Å². The molecule has 0 aliphatic heterocycles. The highest BCUT2D eigenvalue weighted by atomic mass is 16.5. The number of phenols is 1. The minimum Gasteiger partial charge on any atom is -0.508 e. The molecular weight excluding hydrogens is 216 g/mol. The van der Waals surface area contributed by atoms with Gasteiger partial charge in [-0.1, -0.05) is 38.7 Å². The van der Waals surface area contributed by atoms with E-state index in [0.29, 0.717) is 12.2 Å². The van der Waals surface area contributed by atoms with Gasteiger partial charge in [-0.2, -0.15) is 0 Å². The van der Waals surface area contributed by atoms with Gasteiger partial charge >= 0.3 is 5.97 Å². The molecule has 0 atom stereocenters. The van der Waals surface area contributed by atoms with E-state index in [1.54, 1.807) is 12.1 Å². The first-order valence-corrected chi connectivity index (χ1v) is 6.20. The molecule has 1 N–H and O–H groups in total. The van der Waals surface area contributed by atoms with Gasteiger partial charge in [0.1, 0.15) is 5.75 Å². The zero-order valence-electron chi connectivity index (χ0n) is 10.3. The van der Waals surface area contributed by atoms with Crippen molar-refractivity contribution in [1.29, 1.82) is 0 Å². The maximum atomic E-state index is 11.6. The predicted octanol–water partition coefficient (Wildman–Crippen LogP) is 3.52.